The number of rotatable bonds is 4. The van der Waals surface area contributed by atoms with Crippen LogP contribution in [-0.2, 0) is 23.0 Å². The third kappa shape index (κ3) is 4.00. The van der Waals surface area contributed by atoms with Gasteiger partial charge in [-0.3, -0.25) is 9.48 Å². The van der Waals surface area contributed by atoms with Crippen molar-refractivity contribution >= 4 is 5.97 Å². The summed E-state index contributed by atoms with van der Waals surface area (Å²) in [6, 6.07) is 0. The fourth-order valence-corrected chi connectivity index (χ4v) is 1.14. The van der Waals surface area contributed by atoms with Crippen LogP contribution in [0.2, 0.25) is 0 Å². The number of carbonyl (C=O) groups excluding carboxylic acids is 1. The van der Waals surface area contributed by atoms with Crippen LogP contribution >= 0.6 is 0 Å². The van der Waals surface area contributed by atoms with Crippen LogP contribution in [0.4, 0.5) is 0 Å². The molecule has 0 aliphatic heterocycles. The summed E-state index contributed by atoms with van der Waals surface area (Å²) < 4.78 is 6.80. The highest BCUT2D eigenvalue weighted by molar-refractivity contribution is 5.75. The average Bonchev–Trinajstić information content (AvgIpc) is 2.57. The third-order valence-electron chi connectivity index (χ3n) is 2.07. The normalized spacial score (nSPS) is 11.5. The molecule has 0 bridgehead atoms. The molecular weight excluding hydrogens is 206 g/mol. The molecule has 0 fully saturated rings. The fourth-order valence-electron chi connectivity index (χ4n) is 1.14. The molecule has 5 heteroatoms. The summed E-state index contributed by atoms with van der Waals surface area (Å²) in [6.45, 7) is 5.97. The topological polar surface area (TPSA) is 57.0 Å². The second kappa shape index (κ2) is 5.09. The summed E-state index contributed by atoms with van der Waals surface area (Å²) in [7, 11) is 1.83. The predicted molar refractivity (Wildman–Crippen MR) is 59.7 cm³/mol. The Morgan fingerprint density at radius 3 is 2.69 bits per heavy atom. The molecule has 0 spiro atoms. The van der Waals surface area contributed by atoms with Crippen molar-refractivity contribution in [2.45, 2.75) is 33.6 Å². The van der Waals surface area contributed by atoms with Crippen LogP contribution in [0.15, 0.2) is 6.20 Å². The van der Waals surface area contributed by atoms with Gasteiger partial charge in [-0.1, -0.05) is 5.21 Å². The van der Waals surface area contributed by atoms with Gasteiger partial charge in [-0.05, 0) is 33.6 Å². The van der Waals surface area contributed by atoms with E-state index in [1.54, 1.807) is 4.68 Å². The first-order valence-electron chi connectivity index (χ1n) is 5.42. The highest BCUT2D eigenvalue weighted by Gasteiger charge is 2.22. The van der Waals surface area contributed by atoms with E-state index < -0.39 is 5.41 Å². The van der Waals surface area contributed by atoms with Crippen LogP contribution in [-0.4, -0.2) is 27.6 Å². The largest absolute Gasteiger partial charge is 0.465 e. The molecule has 5 nitrogen and oxygen atoms in total. The standard InChI is InChI=1S/C11H19N3O2/c1-11(2,3)10(15)16-7-5-6-9-8-14(4)13-12-9/h8H,5-7H2,1-4H3. The van der Waals surface area contributed by atoms with Gasteiger partial charge in [-0.2, -0.15) is 0 Å². The number of hydrogen-bond acceptors (Lipinski definition) is 4. The van der Waals surface area contributed by atoms with Gasteiger partial charge in [0.2, 0.25) is 0 Å². The lowest BCUT2D eigenvalue weighted by molar-refractivity contribution is -0.153. The summed E-state index contributed by atoms with van der Waals surface area (Å²) in [6.07, 6.45) is 3.43. The number of ether oxygens (including phenoxy) is 1. The number of hydrogen-bond donors (Lipinski definition) is 0. The molecule has 1 heterocycles. The van der Waals surface area contributed by atoms with Crippen molar-refractivity contribution in [1.82, 2.24) is 15.0 Å². The van der Waals surface area contributed by atoms with Crippen molar-refractivity contribution in [3.8, 4) is 0 Å². The average molecular weight is 225 g/mol. The Labute approximate surface area is 95.8 Å². The van der Waals surface area contributed by atoms with E-state index in [1.165, 1.54) is 0 Å². The quantitative estimate of drug-likeness (QED) is 0.573. The van der Waals surface area contributed by atoms with Crippen molar-refractivity contribution in [2.24, 2.45) is 12.5 Å². The van der Waals surface area contributed by atoms with Crippen molar-refractivity contribution in [3.63, 3.8) is 0 Å². The lowest BCUT2D eigenvalue weighted by atomic mass is 9.97. The number of nitrogens with zero attached hydrogens (tertiary/aromatic N) is 3. The van der Waals surface area contributed by atoms with Crippen LogP contribution in [0.5, 0.6) is 0 Å². The minimum absolute atomic E-state index is 0.161. The van der Waals surface area contributed by atoms with Gasteiger partial charge in [0.05, 0.1) is 17.7 Å². The maximum Gasteiger partial charge on any atom is 0.311 e. The minimum Gasteiger partial charge on any atom is -0.465 e. The van der Waals surface area contributed by atoms with Crippen LogP contribution in [0.1, 0.15) is 32.9 Å². The molecular formula is C11H19N3O2. The predicted octanol–water partition coefficient (Wildman–Crippen LogP) is 1.34. The van der Waals surface area contributed by atoms with Crippen molar-refractivity contribution in [2.75, 3.05) is 6.61 Å². The Hall–Kier alpha value is -1.39. The first kappa shape index (κ1) is 12.7. The van der Waals surface area contributed by atoms with E-state index >= 15 is 0 Å². The lowest BCUT2D eigenvalue weighted by Crippen LogP contribution is -2.23. The molecule has 1 aromatic rings. The summed E-state index contributed by atoms with van der Waals surface area (Å²) >= 11 is 0. The molecule has 0 aliphatic rings. The first-order valence-corrected chi connectivity index (χ1v) is 5.42. The van der Waals surface area contributed by atoms with Crippen molar-refractivity contribution < 1.29 is 9.53 Å². The molecule has 0 atom stereocenters. The van der Waals surface area contributed by atoms with Crippen LogP contribution in [0.3, 0.4) is 0 Å². The zero-order valence-electron chi connectivity index (χ0n) is 10.4. The second-order valence-electron chi connectivity index (χ2n) is 4.87. The van der Waals surface area contributed by atoms with E-state index in [0.717, 1.165) is 18.5 Å². The molecule has 90 valence electrons. The number of aromatic nitrogens is 3. The second-order valence-corrected chi connectivity index (χ2v) is 4.87. The van der Waals surface area contributed by atoms with Crippen LogP contribution in [0, 0.1) is 5.41 Å². The van der Waals surface area contributed by atoms with Gasteiger partial charge in [0, 0.05) is 13.2 Å². The van der Waals surface area contributed by atoms with E-state index in [0.29, 0.717) is 6.61 Å². The van der Waals surface area contributed by atoms with Gasteiger partial charge >= 0.3 is 5.97 Å². The third-order valence-corrected chi connectivity index (χ3v) is 2.07. The highest BCUT2D eigenvalue weighted by Crippen LogP contribution is 2.15. The molecule has 1 aromatic heterocycles. The Kier molecular flexibility index (Phi) is 4.04. The maximum absolute atomic E-state index is 11.4. The van der Waals surface area contributed by atoms with E-state index in [2.05, 4.69) is 10.3 Å². The molecule has 0 unspecified atom stereocenters. The molecule has 0 aliphatic carbocycles. The first-order chi connectivity index (χ1) is 7.39. The fraction of sp³-hybridized carbons (Fsp3) is 0.727. The Morgan fingerprint density at radius 1 is 1.50 bits per heavy atom. The van der Waals surface area contributed by atoms with Gasteiger partial charge in [0.15, 0.2) is 0 Å². The van der Waals surface area contributed by atoms with E-state index in [-0.39, 0.29) is 5.97 Å². The van der Waals surface area contributed by atoms with Crippen LogP contribution < -0.4 is 0 Å². The minimum atomic E-state index is -0.424. The number of carbonyl (C=O) groups is 1. The molecule has 0 radical (unpaired) electrons. The zero-order valence-corrected chi connectivity index (χ0v) is 10.4. The molecule has 16 heavy (non-hydrogen) atoms. The van der Waals surface area contributed by atoms with E-state index in [1.807, 2.05) is 34.0 Å². The molecule has 0 saturated heterocycles. The van der Waals surface area contributed by atoms with Gasteiger partial charge in [-0.25, -0.2) is 0 Å². The SMILES string of the molecule is Cn1cc(CCCOC(=O)C(C)(C)C)nn1. The van der Waals surface area contributed by atoms with Gasteiger partial charge in [0.25, 0.3) is 0 Å². The van der Waals surface area contributed by atoms with Gasteiger partial charge in [-0.15, -0.1) is 5.10 Å². The van der Waals surface area contributed by atoms with Crippen LogP contribution in [0.25, 0.3) is 0 Å². The molecule has 0 N–H and O–H groups in total. The van der Waals surface area contributed by atoms with E-state index in [9.17, 15) is 4.79 Å². The zero-order chi connectivity index (χ0) is 12.2. The monoisotopic (exact) mass is 225 g/mol. The smallest absolute Gasteiger partial charge is 0.311 e. The summed E-state index contributed by atoms with van der Waals surface area (Å²) in [5.74, 6) is -0.161. The number of esters is 1. The molecule has 0 saturated carbocycles. The highest BCUT2D eigenvalue weighted by atomic mass is 16.5. The van der Waals surface area contributed by atoms with E-state index in [4.69, 9.17) is 4.74 Å². The maximum atomic E-state index is 11.4. The Morgan fingerprint density at radius 2 is 2.19 bits per heavy atom. The van der Waals surface area contributed by atoms with Gasteiger partial charge < -0.3 is 4.74 Å². The summed E-state index contributed by atoms with van der Waals surface area (Å²) in [4.78, 5) is 11.4. The Balaban J connectivity index is 2.20. The molecule has 0 amide bonds. The van der Waals surface area contributed by atoms with Crippen molar-refractivity contribution in [1.29, 1.82) is 0 Å². The number of aryl methyl sites for hydroxylation is 2. The molecule has 1 rings (SSSR count). The lowest BCUT2D eigenvalue weighted by Gasteiger charge is -2.16. The molecule has 0 aromatic carbocycles. The summed E-state index contributed by atoms with van der Waals surface area (Å²) in [5, 5.41) is 7.78. The Bertz CT molecular complexity index is 352. The van der Waals surface area contributed by atoms with Gasteiger partial charge in [0.1, 0.15) is 0 Å². The summed E-state index contributed by atoms with van der Waals surface area (Å²) in [5.41, 5.74) is 0.501. The van der Waals surface area contributed by atoms with Crippen molar-refractivity contribution in [3.05, 3.63) is 11.9 Å².